The summed E-state index contributed by atoms with van der Waals surface area (Å²) in [5.74, 6) is -0.902. The third-order valence-electron chi connectivity index (χ3n) is 3.26. The Hall–Kier alpha value is -2.29. The number of hydrogen-bond donors (Lipinski definition) is 4. The zero-order valence-corrected chi connectivity index (χ0v) is 18.3. The summed E-state index contributed by atoms with van der Waals surface area (Å²) >= 11 is 0.913. The molecule has 0 aliphatic rings. The Kier molecular flexibility index (Phi) is 9.94. The van der Waals surface area contributed by atoms with Crippen LogP contribution in [0.5, 0.6) is 5.75 Å². The van der Waals surface area contributed by atoms with Gasteiger partial charge in [-0.1, -0.05) is 18.5 Å². The summed E-state index contributed by atoms with van der Waals surface area (Å²) in [5.41, 5.74) is 0.602. The molecule has 0 spiro atoms. The third-order valence-corrected chi connectivity index (χ3v) is 5.95. The predicted octanol–water partition coefficient (Wildman–Crippen LogP) is 2.53. The van der Waals surface area contributed by atoms with E-state index in [1.165, 1.54) is 37.3 Å². The fourth-order valence-corrected chi connectivity index (χ4v) is 3.46. The van der Waals surface area contributed by atoms with Crippen molar-refractivity contribution < 1.29 is 36.4 Å². The number of hydrogen-bond acceptors (Lipinski definition) is 6. The first-order valence-electron chi connectivity index (χ1n) is 8.30. The molecule has 158 valence electrons. The predicted molar refractivity (Wildman–Crippen MR) is 107 cm³/mol. The summed E-state index contributed by atoms with van der Waals surface area (Å²) in [4.78, 5) is 21.5. The molecule has 0 fully saturated rings. The van der Waals surface area contributed by atoms with Gasteiger partial charge >= 0.3 is 94.4 Å². The Morgan fingerprint density at radius 3 is 2.28 bits per heavy atom. The van der Waals surface area contributed by atoms with E-state index in [0.29, 0.717) is 23.1 Å². The summed E-state index contributed by atoms with van der Waals surface area (Å²) in [6, 6.07) is 10.1. The smallest absolute Gasteiger partial charge is 0.339 e. The number of amides is 1. The van der Waals surface area contributed by atoms with E-state index in [1.54, 1.807) is 12.1 Å². The van der Waals surface area contributed by atoms with Gasteiger partial charge in [0.05, 0.1) is 6.61 Å². The molecular formula is C18H21AsClNO8. The van der Waals surface area contributed by atoms with Crippen LogP contribution in [0, 0.1) is 0 Å². The molecule has 1 amide bonds. The van der Waals surface area contributed by atoms with Gasteiger partial charge < -0.3 is 9.84 Å². The Bertz CT molecular complexity index is 888. The quantitative estimate of drug-likeness (QED) is 0.264. The molecule has 0 aliphatic carbocycles. The van der Waals surface area contributed by atoms with Crippen LogP contribution in [0.2, 0.25) is 5.02 Å². The minimum Gasteiger partial charge on any atom is -0.493 e. The molecule has 0 bridgehead atoms. The zero-order valence-electron chi connectivity index (χ0n) is 15.7. The second-order valence-electron chi connectivity index (χ2n) is 5.62. The fraction of sp³-hybridized carbons (Fsp3) is 0.222. The SMILES string of the molecule is CC(=O)Nc1ccc([As](=O)(O)OO)cc1.CCCOc1ccc(Cl)cc1C(=O)O. The molecule has 1 atom stereocenters. The molecule has 0 aliphatic heterocycles. The number of carbonyl (C=O) groups is 2. The molecule has 11 heteroatoms. The van der Waals surface area contributed by atoms with Gasteiger partial charge in [-0.2, -0.15) is 0 Å². The third kappa shape index (κ3) is 8.31. The number of rotatable bonds is 7. The van der Waals surface area contributed by atoms with Crippen molar-refractivity contribution in [2.75, 3.05) is 11.9 Å². The minimum atomic E-state index is -4.76. The van der Waals surface area contributed by atoms with E-state index in [9.17, 15) is 13.3 Å². The van der Waals surface area contributed by atoms with E-state index in [4.69, 9.17) is 30.8 Å². The maximum atomic E-state index is 11.2. The van der Waals surface area contributed by atoms with Gasteiger partial charge in [0.25, 0.3) is 0 Å². The van der Waals surface area contributed by atoms with Crippen molar-refractivity contribution in [3.05, 3.63) is 53.1 Å². The van der Waals surface area contributed by atoms with E-state index in [1.807, 2.05) is 6.92 Å². The standard InChI is InChI=1S/C10H11ClO3.C8H10AsNO5/c1-2-5-14-9-4-3-7(11)6-8(9)10(12)13;1-6(11)10-8-4-2-7(3-5-8)9(12,13)15-14/h3-4,6H,2,5H2,1H3,(H,12,13);2-5,14H,1H3,(H,10,11)(H,12,13). The van der Waals surface area contributed by atoms with E-state index < -0.39 is 20.1 Å². The van der Waals surface area contributed by atoms with E-state index in [-0.39, 0.29) is 15.8 Å². The maximum Gasteiger partial charge on any atom is 0.339 e. The van der Waals surface area contributed by atoms with E-state index >= 15 is 0 Å². The van der Waals surface area contributed by atoms with Crippen LogP contribution >= 0.6 is 11.6 Å². The van der Waals surface area contributed by atoms with Crippen LogP contribution < -0.4 is 14.4 Å². The van der Waals surface area contributed by atoms with E-state index in [2.05, 4.69) is 9.19 Å². The number of benzene rings is 2. The summed E-state index contributed by atoms with van der Waals surface area (Å²) in [5, 5.41) is 19.9. The van der Waals surface area contributed by atoms with Gasteiger partial charge in [-0.3, -0.25) is 0 Å². The zero-order chi connectivity index (χ0) is 22.0. The monoisotopic (exact) mass is 489 g/mol. The van der Waals surface area contributed by atoms with E-state index in [0.717, 1.165) is 6.42 Å². The van der Waals surface area contributed by atoms with Gasteiger partial charge in [0.2, 0.25) is 0 Å². The molecule has 0 aromatic heterocycles. The Morgan fingerprint density at radius 1 is 1.17 bits per heavy atom. The second-order valence-corrected chi connectivity index (χ2v) is 9.67. The van der Waals surface area contributed by atoms with Crippen LogP contribution in [0.1, 0.15) is 30.6 Å². The van der Waals surface area contributed by atoms with Crippen LogP contribution in [0.15, 0.2) is 42.5 Å². The first kappa shape index (κ1) is 24.7. The molecule has 29 heavy (non-hydrogen) atoms. The summed E-state index contributed by atoms with van der Waals surface area (Å²) in [7, 11) is 0. The molecule has 2 aromatic carbocycles. The van der Waals surface area contributed by atoms with Gasteiger partial charge in [0.15, 0.2) is 0 Å². The molecule has 0 saturated carbocycles. The molecular weight excluding hydrogens is 469 g/mol. The van der Waals surface area contributed by atoms with Gasteiger partial charge in [-0.05, 0) is 24.6 Å². The van der Waals surface area contributed by atoms with Gasteiger partial charge in [0, 0.05) is 5.02 Å². The van der Waals surface area contributed by atoms with Crippen LogP contribution in [-0.4, -0.2) is 47.1 Å². The molecule has 0 radical (unpaired) electrons. The van der Waals surface area contributed by atoms with Crippen LogP contribution in [0.3, 0.4) is 0 Å². The van der Waals surface area contributed by atoms with Crippen molar-refractivity contribution in [2.24, 2.45) is 0 Å². The average molecular weight is 490 g/mol. The van der Waals surface area contributed by atoms with Gasteiger partial charge in [-0.15, -0.1) is 0 Å². The van der Waals surface area contributed by atoms with Crippen LogP contribution in [0.4, 0.5) is 5.69 Å². The number of carboxylic acids is 1. The Labute approximate surface area is 175 Å². The Balaban J connectivity index is 0.000000291. The number of aromatic carboxylic acids is 1. The molecule has 9 nitrogen and oxygen atoms in total. The molecule has 2 aromatic rings. The first-order chi connectivity index (χ1) is 13.6. The van der Waals surface area contributed by atoms with Crippen molar-refractivity contribution in [1.82, 2.24) is 0 Å². The molecule has 0 heterocycles. The van der Waals surface area contributed by atoms with Crippen molar-refractivity contribution >= 4 is 47.7 Å². The summed E-state index contributed by atoms with van der Waals surface area (Å²) in [6.07, 6.45) is 0.835. The Morgan fingerprint density at radius 2 is 1.79 bits per heavy atom. The number of ether oxygens (including phenoxy) is 1. The average Bonchev–Trinajstić information content (AvgIpc) is 2.67. The van der Waals surface area contributed by atoms with Crippen molar-refractivity contribution in [3.63, 3.8) is 0 Å². The molecule has 4 N–H and O–H groups in total. The number of anilines is 1. The molecule has 2 rings (SSSR count). The summed E-state index contributed by atoms with van der Waals surface area (Å²) < 4.78 is 29.1. The first-order valence-corrected chi connectivity index (χ1v) is 12.0. The largest absolute Gasteiger partial charge is 0.493 e. The number of nitrogens with one attached hydrogen (secondary N) is 1. The van der Waals surface area contributed by atoms with Crippen molar-refractivity contribution in [3.8, 4) is 5.75 Å². The van der Waals surface area contributed by atoms with Gasteiger partial charge in [-0.25, -0.2) is 4.79 Å². The number of halogens is 1. The normalized spacial score (nSPS) is 12.2. The summed E-state index contributed by atoms with van der Waals surface area (Å²) in [6.45, 7) is 3.81. The minimum absolute atomic E-state index is 0.00438. The van der Waals surface area contributed by atoms with Crippen LogP contribution in [0.25, 0.3) is 0 Å². The topological polar surface area (TPSA) is 142 Å². The second kappa shape index (κ2) is 11.6. The fourth-order valence-electron chi connectivity index (χ4n) is 1.99. The molecule has 1 unspecified atom stereocenters. The number of carboxylic acid groups (broad SMARTS) is 1. The van der Waals surface area contributed by atoms with Crippen molar-refractivity contribution in [1.29, 1.82) is 0 Å². The molecule has 0 saturated heterocycles. The van der Waals surface area contributed by atoms with Crippen LogP contribution in [-0.2, 0) is 12.4 Å². The number of carbonyl (C=O) groups excluding carboxylic acids is 1. The maximum absolute atomic E-state index is 11.2. The van der Waals surface area contributed by atoms with Crippen molar-refractivity contribution in [2.45, 2.75) is 20.3 Å². The van der Waals surface area contributed by atoms with Gasteiger partial charge in [0.1, 0.15) is 11.3 Å².